The highest BCUT2D eigenvalue weighted by Crippen LogP contribution is 2.30. The normalized spacial score (nSPS) is 23.3. The number of aryl methyl sites for hydroxylation is 2. The summed E-state index contributed by atoms with van der Waals surface area (Å²) in [6.07, 6.45) is 10.7. The van der Waals surface area contributed by atoms with Crippen LogP contribution in [-0.2, 0) is 12.8 Å². The van der Waals surface area contributed by atoms with Crippen LogP contribution in [0.4, 0.5) is 0 Å². The van der Waals surface area contributed by atoms with Gasteiger partial charge in [0.15, 0.2) is 0 Å². The molecule has 1 atom stereocenters. The molecule has 21 heavy (non-hydrogen) atoms. The van der Waals surface area contributed by atoms with Gasteiger partial charge < -0.3 is 4.90 Å². The summed E-state index contributed by atoms with van der Waals surface area (Å²) in [5, 5.41) is 0. The highest BCUT2D eigenvalue weighted by molar-refractivity contribution is 5.35. The topological polar surface area (TPSA) is 3.24 Å². The Bertz CT molecular complexity index is 455. The number of hydrogen-bond donors (Lipinski definition) is 0. The van der Waals surface area contributed by atoms with Gasteiger partial charge in [0.2, 0.25) is 0 Å². The van der Waals surface area contributed by atoms with E-state index in [1.54, 1.807) is 16.7 Å². The van der Waals surface area contributed by atoms with Crippen LogP contribution in [0.15, 0.2) is 18.2 Å². The first-order chi connectivity index (χ1) is 10.3. The zero-order chi connectivity index (χ0) is 14.7. The molecule has 1 aromatic carbocycles. The van der Waals surface area contributed by atoms with Crippen LogP contribution in [0, 0.1) is 0 Å². The molecule has 1 aliphatic carbocycles. The van der Waals surface area contributed by atoms with Crippen LogP contribution in [-0.4, -0.2) is 24.0 Å². The third-order valence-electron chi connectivity index (χ3n) is 5.84. The molecular weight excluding hydrogens is 254 g/mol. The van der Waals surface area contributed by atoms with Crippen LogP contribution in [0.5, 0.6) is 0 Å². The number of hydrogen-bond acceptors (Lipinski definition) is 1. The molecular formula is C20H31N. The lowest BCUT2D eigenvalue weighted by atomic mass is 9.90. The number of benzene rings is 1. The Balaban J connectivity index is 1.73. The fraction of sp³-hybridized carbons (Fsp3) is 0.700. The Hall–Kier alpha value is -0.820. The van der Waals surface area contributed by atoms with E-state index in [4.69, 9.17) is 0 Å². The molecule has 3 rings (SSSR count). The molecule has 0 N–H and O–H groups in total. The molecule has 0 aromatic heterocycles. The average molecular weight is 285 g/mol. The van der Waals surface area contributed by atoms with E-state index >= 15 is 0 Å². The summed E-state index contributed by atoms with van der Waals surface area (Å²) >= 11 is 0. The molecule has 0 bridgehead atoms. The predicted molar refractivity (Wildman–Crippen MR) is 91.0 cm³/mol. The summed E-state index contributed by atoms with van der Waals surface area (Å²) in [6, 6.07) is 8.23. The highest BCUT2D eigenvalue weighted by Gasteiger charge is 2.24. The molecule has 1 heteroatoms. The van der Waals surface area contributed by atoms with Crippen molar-refractivity contribution in [2.75, 3.05) is 13.1 Å². The molecule has 116 valence electrons. The fourth-order valence-corrected chi connectivity index (χ4v) is 4.40. The maximum absolute atomic E-state index is 2.76. The van der Waals surface area contributed by atoms with Gasteiger partial charge in [-0.05, 0) is 87.1 Å². The predicted octanol–water partition coefficient (Wildman–Crippen LogP) is 4.93. The van der Waals surface area contributed by atoms with Crippen molar-refractivity contribution in [1.82, 2.24) is 4.90 Å². The van der Waals surface area contributed by atoms with E-state index in [-0.39, 0.29) is 0 Å². The second kappa shape index (κ2) is 6.96. The van der Waals surface area contributed by atoms with Crippen molar-refractivity contribution < 1.29 is 0 Å². The van der Waals surface area contributed by atoms with Gasteiger partial charge in [0.05, 0.1) is 0 Å². The second-order valence-electron chi connectivity index (χ2n) is 7.02. The lowest BCUT2D eigenvalue weighted by Gasteiger charge is -2.26. The van der Waals surface area contributed by atoms with Gasteiger partial charge in [-0.15, -0.1) is 0 Å². The molecule has 0 amide bonds. The SMILES string of the molecule is CCC(CC)c1ccc2c(c1)CCC(N1CCCC1)CC2. The van der Waals surface area contributed by atoms with Gasteiger partial charge in [-0.1, -0.05) is 32.0 Å². The Morgan fingerprint density at radius 2 is 1.67 bits per heavy atom. The van der Waals surface area contributed by atoms with Gasteiger partial charge in [0.1, 0.15) is 0 Å². The molecule has 1 saturated heterocycles. The first-order valence-electron chi connectivity index (χ1n) is 9.17. The number of rotatable bonds is 4. The van der Waals surface area contributed by atoms with Gasteiger partial charge in [-0.25, -0.2) is 0 Å². The largest absolute Gasteiger partial charge is 0.300 e. The third kappa shape index (κ3) is 3.34. The zero-order valence-electron chi connectivity index (χ0n) is 13.9. The summed E-state index contributed by atoms with van der Waals surface area (Å²) in [4.78, 5) is 2.76. The minimum atomic E-state index is 0.757. The van der Waals surface area contributed by atoms with Gasteiger partial charge in [0.25, 0.3) is 0 Å². The standard InChI is InChI=1S/C20H31N/c1-3-16(4-2)18-8-7-17-9-11-20(12-10-19(17)15-18)21-13-5-6-14-21/h7-8,15-16,20H,3-6,9-14H2,1-2H3. The van der Waals surface area contributed by atoms with Crippen LogP contribution in [0.1, 0.15) is 75.0 Å². The van der Waals surface area contributed by atoms with E-state index in [0.717, 1.165) is 12.0 Å². The summed E-state index contributed by atoms with van der Waals surface area (Å²) in [5.41, 5.74) is 4.87. The highest BCUT2D eigenvalue weighted by atomic mass is 15.2. The van der Waals surface area contributed by atoms with E-state index in [1.165, 1.54) is 64.5 Å². The lowest BCUT2D eigenvalue weighted by molar-refractivity contribution is 0.222. The van der Waals surface area contributed by atoms with Crippen molar-refractivity contribution in [3.63, 3.8) is 0 Å². The van der Waals surface area contributed by atoms with Gasteiger partial charge in [0, 0.05) is 6.04 Å². The molecule has 1 unspecified atom stereocenters. The van der Waals surface area contributed by atoms with Crippen LogP contribution in [0.3, 0.4) is 0 Å². The summed E-state index contributed by atoms with van der Waals surface area (Å²) in [7, 11) is 0. The maximum atomic E-state index is 2.76. The number of fused-ring (bicyclic) bond motifs is 1. The van der Waals surface area contributed by atoms with E-state index in [1.807, 2.05) is 0 Å². The van der Waals surface area contributed by atoms with Gasteiger partial charge >= 0.3 is 0 Å². The Morgan fingerprint density at radius 1 is 1.00 bits per heavy atom. The first kappa shape index (κ1) is 15.1. The molecule has 0 saturated carbocycles. The average Bonchev–Trinajstić information content (AvgIpc) is 2.96. The van der Waals surface area contributed by atoms with Crippen molar-refractivity contribution in [3.05, 3.63) is 34.9 Å². The van der Waals surface area contributed by atoms with E-state index in [9.17, 15) is 0 Å². The number of likely N-dealkylation sites (tertiary alicyclic amines) is 1. The van der Waals surface area contributed by atoms with Gasteiger partial charge in [-0.3, -0.25) is 0 Å². The molecule has 1 heterocycles. The molecule has 2 aliphatic rings. The third-order valence-corrected chi connectivity index (χ3v) is 5.84. The monoisotopic (exact) mass is 285 g/mol. The van der Waals surface area contributed by atoms with Crippen molar-refractivity contribution in [3.8, 4) is 0 Å². The quantitative estimate of drug-likeness (QED) is 0.709. The van der Waals surface area contributed by atoms with Crippen molar-refractivity contribution in [2.45, 2.75) is 77.2 Å². The molecule has 1 aromatic rings. The van der Waals surface area contributed by atoms with E-state index in [0.29, 0.717) is 0 Å². The Labute approximate surface area is 130 Å². The summed E-state index contributed by atoms with van der Waals surface area (Å²) < 4.78 is 0. The minimum absolute atomic E-state index is 0.757. The van der Waals surface area contributed by atoms with Crippen molar-refractivity contribution in [2.24, 2.45) is 0 Å². The first-order valence-corrected chi connectivity index (χ1v) is 9.17. The smallest absolute Gasteiger partial charge is 0.0102 e. The second-order valence-corrected chi connectivity index (χ2v) is 7.02. The molecule has 1 nitrogen and oxygen atoms in total. The zero-order valence-corrected chi connectivity index (χ0v) is 13.9. The van der Waals surface area contributed by atoms with Crippen molar-refractivity contribution >= 4 is 0 Å². The van der Waals surface area contributed by atoms with Crippen LogP contribution < -0.4 is 0 Å². The Morgan fingerprint density at radius 3 is 2.33 bits per heavy atom. The van der Waals surface area contributed by atoms with Crippen LogP contribution in [0.25, 0.3) is 0 Å². The van der Waals surface area contributed by atoms with E-state index in [2.05, 4.69) is 36.9 Å². The lowest BCUT2D eigenvalue weighted by Crippen LogP contribution is -2.32. The maximum Gasteiger partial charge on any atom is 0.0102 e. The summed E-state index contributed by atoms with van der Waals surface area (Å²) in [6.45, 7) is 7.34. The minimum Gasteiger partial charge on any atom is -0.300 e. The number of nitrogens with zero attached hydrogens (tertiary/aromatic N) is 1. The van der Waals surface area contributed by atoms with Crippen molar-refractivity contribution in [1.29, 1.82) is 0 Å². The van der Waals surface area contributed by atoms with Crippen LogP contribution in [0.2, 0.25) is 0 Å². The molecule has 1 aliphatic heterocycles. The fourth-order valence-electron chi connectivity index (χ4n) is 4.40. The molecule has 1 fully saturated rings. The molecule has 0 radical (unpaired) electrons. The molecule has 0 spiro atoms. The van der Waals surface area contributed by atoms with E-state index < -0.39 is 0 Å². The Kier molecular flexibility index (Phi) is 5.00. The van der Waals surface area contributed by atoms with Gasteiger partial charge in [-0.2, -0.15) is 0 Å². The van der Waals surface area contributed by atoms with Crippen LogP contribution >= 0.6 is 0 Å². The summed E-state index contributed by atoms with van der Waals surface area (Å²) in [5.74, 6) is 0.757.